The Balaban J connectivity index is 1.54. The zero-order valence-corrected chi connectivity index (χ0v) is 17.5. The summed E-state index contributed by atoms with van der Waals surface area (Å²) in [5.41, 5.74) is 1.85. The van der Waals surface area contributed by atoms with Gasteiger partial charge in [-0.3, -0.25) is 9.59 Å². The van der Waals surface area contributed by atoms with Crippen molar-refractivity contribution in [2.24, 2.45) is 5.92 Å². The van der Waals surface area contributed by atoms with Gasteiger partial charge in [-0.05, 0) is 54.7 Å². The highest BCUT2D eigenvalue weighted by atomic mass is 16.5. The van der Waals surface area contributed by atoms with Crippen LogP contribution in [0.25, 0.3) is 0 Å². The van der Waals surface area contributed by atoms with Gasteiger partial charge in [-0.2, -0.15) is 0 Å². The lowest BCUT2D eigenvalue weighted by Crippen LogP contribution is -2.40. The number of phenols is 1. The third-order valence-corrected chi connectivity index (χ3v) is 6.41. The predicted octanol–water partition coefficient (Wildman–Crippen LogP) is 2.96. The number of fused-ring (bicyclic) bond motifs is 6. The Morgan fingerprint density at radius 2 is 1.97 bits per heavy atom. The Kier molecular flexibility index (Phi) is 4.96. The summed E-state index contributed by atoms with van der Waals surface area (Å²) in [7, 11) is 1.57. The first-order chi connectivity index (χ1) is 15.0. The Labute approximate surface area is 181 Å². The van der Waals surface area contributed by atoms with Crippen LogP contribution in [0, 0.1) is 5.92 Å². The van der Waals surface area contributed by atoms with E-state index in [1.54, 1.807) is 25.3 Å². The van der Waals surface area contributed by atoms with E-state index < -0.39 is 0 Å². The van der Waals surface area contributed by atoms with Gasteiger partial charge in [0.2, 0.25) is 11.8 Å². The van der Waals surface area contributed by atoms with Crippen LogP contribution < -0.4 is 14.8 Å². The van der Waals surface area contributed by atoms with Crippen LogP contribution >= 0.6 is 0 Å². The van der Waals surface area contributed by atoms with Crippen LogP contribution in [0.5, 0.6) is 23.0 Å². The maximum atomic E-state index is 12.7. The lowest BCUT2D eigenvalue weighted by atomic mass is 9.93. The van der Waals surface area contributed by atoms with Crippen molar-refractivity contribution < 1.29 is 24.2 Å². The van der Waals surface area contributed by atoms with Crippen LogP contribution in [0.1, 0.15) is 36.3 Å². The zero-order chi connectivity index (χ0) is 21.5. The average molecular weight is 422 g/mol. The van der Waals surface area contributed by atoms with Crippen molar-refractivity contribution >= 4 is 11.8 Å². The summed E-state index contributed by atoms with van der Waals surface area (Å²) in [6.45, 7) is 1.08. The molecule has 2 amide bonds. The van der Waals surface area contributed by atoms with Gasteiger partial charge < -0.3 is 24.8 Å². The van der Waals surface area contributed by atoms with Crippen molar-refractivity contribution in [3.8, 4) is 23.0 Å². The van der Waals surface area contributed by atoms with Gasteiger partial charge in [-0.25, -0.2) is 0 Å². The van der Waals surface area contributed by atoms with Gasteiger partial charge in [-0.15, -0.1) is 0 Å². The summed E-state index contributed by atoms with van der Waals surface area (Å²) < 4.78 is 11.5. The Morgan fingerprint density at radius 1 is 1.13 bits per heavy atom. The quantitative estimate of drug-likeness (QED) is 0.777. The summed E-state index contributed by atoms with van der Waals surface area (Å²) in [6, 6.07) is 10.6. The van der Waals surface area contributed by atoms with Crippen molar-refractivity contribution in [1.29, 1.82) is 0 Å². The van der Waals surface area contributed by atoms with Crippen LogP contribution in [0.2, 0.25) is 0 Å². The number of carbonyl (C=O) groups is 2. The smallest absolute Gasteiger partial charge is 0.225 e. The highest BCUT2D eigenvalue weighted by Crippen LogP contribution is 2.41. The molecule has 2 aromatic carbocycles. The van der Waals surface area contributed by atoms with E-state index in [1.807, 2.05) is 23.1 Å². The van der Waals surface area contributed by atoms with E-state index in [9.17, 15) is 14.7 Å². The second kappa shape index (κ2) is 7.80. The Bertz CT molecular complexity index is 1030. The molecule has 0 radical (unpaired) electrons. The molecule has 2 heterocycles. The van der Waals surface area contributed by atoms with E-state index in [-0.39, 0.29) is 35.4 Å². The number of methoxy groups -OCH3 is 1. The molecule has 3 aliphatic rings. The lowest BCUT2D eigenvalue weighted by molar-refractivity contribution is -0.131. The van der Waals surface area contributed by atoms with Crippen LogP contribution in [0.3, 0.4) is 0 Å². The lowest BCUT2D eigenvalue weighted by Gasteiger charge is -2.21. The minimum Gasteiger partial charge on any atom is -0.504 e. The van der Waals surface area contributed by atoms with Gasteiger partial charge in [0.15, 0.2) is 23.0 Å². The molecule has 2 aromatic rings. The first-order valence-corrected chi connectivity index (χ1v) is 10.8. The minimum absolute atomic E-state index is 0.0236. The second-order valence-corrected chi connectivity index (χ2v) is 8.61. The number of aryl methyl sites for hydroxylation is 1. The molecule has 162 valence electrons. The fourth-order valence-corrected chi connectivity index (χ4v) is 4.51. The maximum Gasteiger partial charge on any atom is 0.225 e. The first-order valence-electron chi connectivity index (χ1n) is 10.8. The van der Waals surface area contributed by atoms with Crippen molar-refractivity contribution in [2.75, 3.05) is 20.2 Å². The van der Waals surface area contributed by atoms with E-state index in [2.05, 4.69) is 5.32 Å². The third kappa shape index (κ3) is 3.92. The molecule has 2 aliphatic heterocycles. The van der Waals surface area contributed by atoms with Crippen molar-refractivity contribution in [2.45, 2.75) is 37.6 Å². The van der Waals surface area contributed by atoms with E-state index in [1.165, 1.54) is 0 Å². The molecule has 1 saturated heterocycles. The largest absolute Gasteiger partial charge is 0.504 e. The molecule has 2 N–H and O–H groups in total. The molecule has 2 atom stereocenters. The number of nitrogens with zero attached hydrogens (tertiary/aromatic N) is 1. The molecule has 2 fully saturated rings. The van der Waals surface area contributed by atoms with Gasteiger partial charge in [0.1, 0.15) is 0 Å². The molecule has 4 bridgehead atoms. The topological polar surface area (TPSA) is 88.1 Å². The molecule has 0 unspecified atom stereocenters. The zero-order valence-electron chi connectivity index (χ0n) is 17.5. The predicted molar refractivity (Wildman–Crippen MR) is 113 cm³/mol. The number of rotatable bonds is 2. The van der Waals surface area contributed by atoms with Gasteiger partial charge in [0.25, 0.3) is 0 Å². The van der Waals surface area contributed by atoms with E-state index in [0.29, 0.717) is 43.2 Å². The molecular weight excluding hydrogens is 396 g/mol. The number of likely N-dealkylation sites (tertiary alicyclic amines) is 1. The summed E-state index contributed by atoms with van der Waals surface area (Å²) in [5.74, 6) is 1.63. The van der Waals surface area contributed by atoms with Crippen molar-refractivity contribution in [3.05, 3.63) is 47.5 Å². The molecule has 7 nitrogen and oxygen atoms in total. The summed E-state index contributed by atoms with van der Waals surface area (Å²) >= 11 is 0. The number of carbonyl (C=O) groups excluding carboxylic acids is 2. The van der Waals surface area contributed by atoms with Crippen molar-refractivity contribution in [3.63, 3.8) is 0 Å². The number of nitrogens with one attached hydrogen (secondary N) is 1. The Morgan fingerprint density at radius 3 is 2.74 bits per heavy atom. The first kappa shape index (κ1) is 19.7. The molecule has 1 saturated carbocycles. The highest BCUT2D eigenvalue weighted by molar-refractivity contribution is 5.82. The molecular formula is C24H26N2O5. The SMILES string of the molecule is COc1ccc2cc1Oc1cc(ccc1O)CCC(=O)N[C@@H]1CN(C(=O)C3CC3)C[C@@H]21. The van der Waals surface area contributed by atoms with Crippen LogP contribution in [0.15, 0.2) is 36.4 Å². The highest BCUT2D eigenvalue weighted by Gasteiger charge is 2.42. The van der Waals surface area contributed by atoms with Gasteiger partial charge in [-0.1, -0.05) is 12.1 Å². The molecule has 1 aliphatic carbocycles. The Hall–Kier alpha value is -3.22. The number of aromatic hydroxyl groups is 1. The summed E-state index contributed by atoms with van der Waals surface area (Å²) in [6.07, 6.45) is 2.77. The normalized spacial score (nSPS) is 22.9. The number of ether oxygens (including phenoxy) is 2. The number of hydrogen-bond acceptors (Lipinski definition) is 5. The van der Waals surface area contributed by atoms with Crippen molar-refractivity contribution in [1.82, 2.24) is 10.2 Å². The third-order valence-electron chi connectivity index (χ3n) is 6.41. The van der Waals surface area contributed by atoms with E-state index in [0.717, 1.165) is 24.0 Å². The molecule has 31 heavy (non-hydrogen) atoms. The molecule has 0 spiro atoms. The van der Waals surface area contributed by atoms with Gasteiger partial charge >= 0.3 is 0 Å². The van der Waals surface area contributed by atoms with E-state index >= 15 is 0 Å². The second-order valence-electron chi connectivity index (χ2n) is 8.61. The average Bonchev–Trinajstić information content (AvgIpc) is 3.53. The van der Waals surface area contributed by atoms with Crippen LogP contribution in [0.4, 0.5) is 0 Å². The summed E-state index contributed by atoms with van der Waals surface area (Å²) in [4.78, 5) is 27.3. The van der Waals surface area contributed by atoms with E-state index in [4.69, 9.17) is 9.47 Å². The van der Waals surface area contributed by atoms with Gasteiger partial charge in [0, 0.05) is 31.3 Å². The van der Waals surface area contributed by atoms with Gasteiger partial charge in [0.05, 0.1) is 13.2 Å². The minimum atomic E-state index is -0.159. The van der Waals surface area contributed by atoms with Crippen LogP contribution in [-0.2, 0) is 16.0 Å². The fraction of sp³-hybridized carbons (Fsp3) is 0.417. The molecule has 7 heteroatoms. The number of phenolic OH excluding ortho intramolecular Hbond substituents is 1. The summed E-state index contributed by atoms with van der Waals surface area (Å²) in [5, 5.41) is 13.5. The molecule has 5 rings (SSSR count). The number of hydrogen-bond donors (Lipinski definition) is 2. The monoisotopic (exact) mass is 422 g/mol. The number of amides is 2. The van der Waals surface area contributed by atoms with Crippen LogP contribution in [-0.4, -0.2) is 48.1 Å². The molecule has 0 aromatic heterocycles. The maximum absolute atomic E-state index is 12.7. The number of benzene rings is 2. The fourth-order valence-electron chi connectivity index (χ4n) is 4.51. The standard InChI is InChI=1S/C24H26N2O5/c1-30-20-8-6-16-11-22(20)31-21-10-14(2-7-19(21)27)3-9-23(28)25-18-13-26(12-17(16)18)24(29)15-4-5-15/h2,6-8,10-11,15,17-18,27H,3-5,9,12-13H2,1H3,(H,25,28)/t17-,18+/m0/s1.